The monoisotopic (exact) mass is 397 g/mol. The molecule has 4 rings (SSSR count). The first-order valence-corrected chi connectivity index (χ1v) is 10.2. The molecule has 2 heterocycles. The molecule has 0 saturated carbocycles. The van der Waals surface area contributed by atoms with Gasteiger partial charge in [-0.05, 0) is 54.8 Å². The molecular formula is C21H20FN3O2S. The number of carbonyl (C=O) groups excluding carboxylic acids is 2. The Morgan fingerprint density at radius 1 is 1.25 bits per heavy atom. The smallest absolute Gasteiger partial charge is 0.267 e. The van der Waals surface area contributed by atoms with Crippen molar-refractivity contribution in [3.05, 3.63) is 59.4 Å². The van der Waals surface area contributed by atoms with Gasteiger partial charge in [-0.2, -0.15) is 5.10 Å². The van der Waals surface area contributed by atoms with Crippen molar-refractivity contribution < 1.29 is 14.0 Å². The topological polar surface area (TPSA) is 61.8 Å². The van der Waals surface area contributed by atoms with Gasteiger partial charge in [0.05, 0.1) is 11.7 Å². The summed E-state index contributed by atoms with van der Waals surface area (Å²) in [6, 6.07) is 11.9. The maximum Gasteiger partial charge on any atom is 0.267 e. The molecule has 7 heteroatoms. The van der Waals surface area contributed by atoms with Crippen molar-refractivity contribution in [2.75, 3.05) is 10.8 Å². The lowest BCUT2D eigenvalue weighted by Crippen LogP contribution is -2.41. The maximum absolute atomic E-state index is 13.7. The second kappa shape index (κ2) is 7.75. The van der Waals surface area contributed by atoms with Gasteiger partial charge in [-0.1, -0.05) is 12.1 Å². The Morgan fingerprint density at radius 2 is 2.11 bits per heavy atom. The zero-order valence-electron chi connectivity index (χ0n) is 15.4. The molecule has 1 atom stereocenters. The van der Waals surface area contributed by atoms with Gasteiger partial charge in [0, 0.05) is 23.5 Å². The molecule has 2 amide bonds. The molecule has 0 bridgehead atoms. The Hall–Kier alpha value is -2.67. The molecule has 2 aromatic carbocycles. The van der Waals surface area contributed by atoms with Crippen molar-refractivity contribution >= 4 is 35.0 Å². The van der Waals surface area contributed by atoms with Crippen LogP contribution in [0.15, 0.2) is 52.5 Å². The molecule has 5 nitrogen and oxygen atoms in total. The van der Waals surface area contributed by atoms with Crippen molar-refractivity contribution in [3.8, 4) is 0 Å². The van der Waals surface area contributed by atoms with Crippen LogP contribution in [0, 0.1) is 12.7 Å². The van der Waals surface area contributed by atoms with E-state index in [2.05, 4.69) is 10.4 Å². The fraction of sp³-hybridized carbons (Fsp3) is 0.286. The van der Waals surface area contributed by atoms with E-state index in [9.17, 15) is 14.0 Å². The minimum Gasteiger partial charge on any atom is -0.344 e. The predicted molar refractivity (Wildman–Crippen MR) is 108 cm³/mol. The van der Waals surface area contributed by atoms with Gasteiger partial charge >= 0.3 is 0 Å². The maximum atomic E-state index is 13.7. The number of hydrogen-bond donors (Lipinski definition) is 1. The summed E-state index contributed by atoms with van der Waals surface area (Å²) in [6.07, 6.45) is 1.25. The van der Waals surface area contributed by atoms with Crippen LogP contribution in [0.25, 0.3) is 0 Å². The number of fused-ring (bicyclic) bond motifs is 1. The lowest BCUT2D eigenvalue weighted by atomic mass is 10.0. The van der Waals surface area contributed by atoms with E-state index in [1.54, 1.807) is 23.9 Å². The third kappa shape index (κ3) is 3.80. The first-order chi connectivity index (χ1) is 13.5. The van der Waals surface area contributed by atoms with Crippen LogP contribution < -0.4 is 10.3 Å². The quantitative estimate of drug-likeness (QED) is 0.853. The standard InChI is InChI=1S/C21H20FN3O2S/c1-13-3-2-4-15(11-13)25-20(26)8-6-18(24-25)21(27)23-17-9-10-28-19-7-5-14(22)12-16(17)19/h2-5,7,11-12,17H,6,8-10H2,1H3,(H,23,27). The number of hydrogen-bond acceptors (Lipinski definition) is 4. The molecule has 0 fully saturated rings. The third-order valence-electron chi connectivity index (χ3n) is 4.86. The van der Waals surface area contributed by atoms with Gasteiger partial charge in [0.15, 0.2) is 0 Å². The molecule has 2 aliphatic rings. The van der Waals surface area contributed by atoms with Gasteiger partial charge in [0.2, 0.25) is 5.91 Å². The molecule has 1 unspecified atom stereocenters. The zero-order valence-corrected chi connectivity index (χ0v) is 16.3. The minimum absolute atomic E-state index is 0.136. The number of benzene rings is 2. The summed E-state index contributed by atoms with van der Waals surface area (Å²) in [6.45, 7) is 1.94. The van der Waals surface area contributed by atoms with E-state index >= 15 is 0 Å². The largest absolute Gasteiger partial charge is 0.344 e. The van der Waals surface area contributed by atoms with Gasteiger partial charge < -0.3 is 5.32 Å². The Bertz CT molecular complexity index is 976. The fourth-order valence-corrected chi connectivity index (χ4v) is 4.54. The fourth-order valence-electron chi connectivity index (χ4n) is 3.43. The van der Waals surface area contributed by atoms with Crippen molar-refractivity contribution in [1.29, 1.82) is 0 Å². The van der Waals surface area contributed by atoms with Crippen LogP contribution in [-0.2, 0) is 9.59 Å². The SMILES string of the molecule is Cc1cccc(N2N=C(C(=O)NC3CCSc4ccc(F)cc43)CCC2=O)c1. The number of halogens is 1. The molecule has 0 radical (unpaired) electrons. The molecule has 1 N–H and O–H groups in total. The zero-order chi connectivity index (χ0) is 19.7. The highest BCUT2D eigenvalue weighted by Gasteiger charge is 2.29. The summed E-state index contributed by atoms with van der Waals surface area (Å²) in [5, 5.41) is 8.61. The van der Waals surface area contributed by atoms with E-state index in [1.807, 2.05) is 25.1 Å². The van der Waals surface area contributed by atoms with Crippen molar-refractivity contribution in [3.63, 3.8) is 0 Å². The van der Waals surface area contributed by atoms with Gasteiger partial charge in [-0.3, -0.25) is 9.59 Å². The number of nitrogens with one attached hydrogen (secondary N) is 1. The molecule has 0 saturated heterocycles. The Morgan fingerprint density at radius 3 is 2.93 bits per heavy atom. The van der Waals surface area contributed by atoms with Crippen LogP contribution in [0.2, 0.25) is 0 Å². The number of aryl methyl sites for hydroxylation is 1. The normalized spacial score (nSPS) is 19.1. The summed E-state index contributed by atoms with van der Waals surface area (Å²) < 4.78 is 13.7. The van der Waals surface area contributed by atoms with E-state index < -0.39 is 0 Å². The number of anilines is 1. The van der Waals surface area contributed by atoms with Gasteiger partial charge in [-0.25, -0.2) is 9.40 Å². The van der Waals surface area contributed by atoms with E-state index in [0.29, 0.717) is 17.8 Å². The Balaban J connectivity index is 1.56. The number of carbonyl (C=O) groups is 2. The van der Waals surface area contributed by atoms with E-state index in [0.717, 1.165) is 28.2 Å². The summed E-state index contributed by atoms with van der Waals surface area (Å²) in [7, 11) is 0. The molecular weight excluding hydrogens is 377 g/mol. The van der Waals surface area contributed by atoms with E-state index in [1.165, 1.54) is 17.1 Å². The van der Waals surface area contributed by atoms with Crippen molar-refractivity contribution in [1.82, 2.24) is 5.32 Å². The Labute approximate surface area is 167 Å². The second-order valence-electron chi connectivity index (χ2n) is 6.94. The van der Waals surface area contributed by atoms with Gasteiger partial charge in [0.25, 0.3) is 5.91 Å². The van der Waals surface area contributed by atoms with Crippen LogP contribution in [-0.4, -0.2) is 23.3 Å². The van der Waals surface area contributed by atoms with Crippen molar-refractivity contribution in [2.45, 2.75) is 37.1 Å². The van der Waals surface area contributed by atoms with Crippen LogP contribution in [0.1, 0.15) is 36.4 Å². The van der Waals surface area contributed by atoms with Crippen LogP contribution in [0.4, 0.5) is 10.1 Å². The summed E-state index contributed by atoms with van der Waals surface area (Å²) in [5.74, 6) is 0.0943. The number of hydrazone groups is 1. The predicted octanol–water partition coefficient (Wildman–Crippen LogP) is 3.97. The number of nitrogens with zero attached hydrogens (tertiary/aromatic N) is 2. The summed E-state index contributed by atoms with van der Waals surface area (Å²) >= 11 is 1.66. The van der Waals surface area contributed by atoms with E-state index in [-0.39, 0.29) is 30.1 Å². The summed E-state index contributed by atoms with van der Waals surface area (Å²) in [5.41, 5.74) is 2.77. The highest BCUT2D eigenvalue weighted by atomic mass is 32.2. The highest BCUT2D eigenvalue weighted by Crippen LogP contribution is 2.36. The van der Waals surface area contributed by atoms with Crippen LogP contribution in [0.5, 0.6) is 0 Å². The third-order valence-corrected chi connectivity index (χ3v) is 5.98. The van der Waals surface area contributed by atoms with Crippen LogP contribution in [0.3, 0.4) is 0 Å². The molecule has 0 aliphatic carbocycles. The molecule has 0 spiro atoms. The lowest BCUT2D eigenvalue weighted by molar-refractivity contribution is -0.119. The number of amides is 2. The van der Waals surface area contributed by atoms with E-state index in [4.69, 9.17) is 0 Å². The first-order valence-electron chi connectivity index (χ1n) is 9.21. The minimum atomic E-state index is -0.313. The molecule has 2 aromatic rings. The number of thioether (sulfide) groups is 1. The molecule has 144 valence electrons. The molecule has 2 aliphatic heterocycles. The van der Waals surface area contributed by atoms with Gasteiger partial charge in [0.1, 0.15) is 11.5 Å². The van der Waals surface area contributed by atoms with Crippen molar-refractivity contribution in [2.24, 2.45) is 5.10 Å². The molecule has 0 aromatic heterocycles. The average Bonchev–Trinajstić information content (AvgIpc) is 2.68. The first kappa shape index (κ1) is 18.7. The highest BCUT2D eigenvalue weighted by molar-refractivity contribution is 7.99. The lowest BCUT2D eigenvalue weighted by Gasteiger charge is -2.28. The average molecular weight is 397 g/mol. The van der Waals surface area contributed by atoms with Crippen LogP contribution >= 0.6 is 11.8 Å². The van der Waals surface area contributed by atoms with Gasteiger partial charge in [-0.15, -0.1) is 11.8 Å². The molecule has 28 heavy (non-hydrogen) atoms. The summed E-state index contributed by atoms with van der Waals surface area (Å²) in [4.78, 5) is 26.1. The second-order valence-corrected chi connectivity index (χ2v) is 8.07. The Kier molecular flexibility index (Phi) is 5.17. The number of rotatable bonds is 3.